The molecule has 0 aliphatic rings. The van der Waals surface area contributed by atoms with Gasteiger partial charge in [0.05, 0.1) is 12.3 Å². The van der Waals surface area contributed by atoms with Gasteiger partial charge in [-0.1, -0.05) is 13.8 Å². The second-order valence-corrected chi connectivity index (χ2v) is 5.09. The number of carbonyl (C=O) groups excluding carboxylic acids is 1. The topological polar surface area (TPSA) is 54.3 Å². The van der Waals surface area contributed by atoms with Crippen LogP contribution in [0.1, 0.15) is 46.3 Å². The predicted octanol–water partition coefficient (Wildman–Crippen LogP) is 2.49. The van der Waals surface area contributed by atoms with Crippen LogP contribution in [0.15, 0.2) is 22.8 Å². The summed E-state index contributed by atoms with van der Waals surface area (Å²) in [6, 6.07) is 4.12. The van der Waals surface area contributed by atoms with Crippen LogP contribution in [-0.2, 0) is 11.2 Å². The minimum absolute atomic E-state index is 0.0694. The Labute approximate surface area is 116 Å². The van der Waals surface area contributed by atoms with E-state index in [-0.39, 0.29) is 24.0 Å². The van der Waals surface area contributed by atoms with Crippen molar-refractivity contribution in [2.24, 2.45) is 0 Å². The summed E-state index contributed by atoms with van der Waals surface area (Å²) in [5.41, 5.74) is 0. The molecule has 0 saturated heterocycles. The molecule has 2 N–H and O–H groups in total. The van der Waals surface area contributed by atoms with Gasteiger partial charge in [-0.05, 0) is 38.8 Å². The Morgan fingerprint density at radius 3 is 2.53 bits per heavy atom. The van der Waals surface area contributed by atoms with Gasteiger partial charge < -0.3 is 15.1 Å². The van der Waals surface area contributed by atoms with Gasteiger partial charge in [0.2, 0.25) is 5.91 Å². The highest BCUT2D eigenvalue weighted by Crippen LogP contribution is 2.05. The lowest BCUT2D eigenvalue weighted by Gasteiger charge is -2.22. The van der Waals surface area contributed by atoms with Crippen molar-refractivity contribution in [1.82, 2.24) is 10.6 Å². The Balaban J connectivity index is 2.36. The Morgan fingerprint density at radius 1 is 1.32 bits per heavy atom. The normalized spacial score (nSPS) is 14.4. The number of amides is 1. The molecule has 0 radical (unpaired) electrons. The molecule has 4 nitrogen and oxygen atoms in total. The number of rotatable bonds is 8. The zero-order chi connectivity index (χ0) is 14.3. The molecule has 1 rings (SSSR count). The lowest BCUT2D eigenvalue weighted by molar-refractivity contribution is -0.123. The molecule has 0 fully saturated rings. The van der Waals surface area contributed by atoms with Crippen LogP contribution >= 0.6 is 0 Å². The lowest BCUT2D eigenvalue weighted by atomic mass is 10.1. The number of nitrogens with one attached hydrogen (secondary N) is 2. The van der Waals surface area contributed by atoms with Gasteiger partial charge in [-0.2, -0.15) is 0 Å². The molecule has 1 aromatic heterocycles. The maximum absolute atomic E-state index is 12.0. The zero-order valence-electron chi connectivity index (χ0n) is 12.4. The van der Waals surface area contributed by atoms with E-state index in [1.54, 1.807) is 6.26 Å². The van der Waals surface area contributed by atoms with Crippen molar-refractivity contribution in [3.8, 4) is 0 Å². The van der Waals surface area contributed by atoms with Crippen LogP contribution in [0.5, 0.6) is 0 Å². The van der Waals surface area contributed by atoms with E-state index in [1.807, 2.05) is 19.1 Å². The molecule has 2 atom stereocenters. The van der Waals surface area contributed by atoms with Crippen LogP contribution in [-0.4, -0.2) is 24.0 Å². The molecule has 1 aromatic rings. The van der Waals surface area contributed by atoms with Gasteiger partial charge in [0.15, 0.2) is 0 Å². The van der Waals surface area contributed by atoms with E-state index in [1.165, 1.54) is 0 Å². The summed E-state index contributed by atoms with van der Waals surface area (Å²) in [6.45, 7) is 8.14. The molecule has 0 saturated carbocycles. The second kappa shape index (κ2) is 8.00. The summed E-state index contributed by atoms with van der Waals surface area (Å²) in [4.78, 5) is 12.0. The van der Waals surface area contributed by atoms with E-state index in [4.69, 9.17) is 4.42 Å². The lowest BCUT2D eigenvalue weighted by Crippen LogP contribution is -2.48. The average molecular weight is 266 g/mol. The summed E-state index contributed by atoms with van der Waals surface area (Å²) >= 11 is 0. The summed E-state index contributed by atoms with van der Waals surface area (Å²) in [7, 11) is 0. The molecule has 1 amide bonds. The van der Waals surface area contributed by atoms with Crippen LogP contribution in [0.2, 0.25) is 0 Å². The fourth-order valence-electron chi connectivity index (χ4n) is 2.11. The molecular formula is C15H26N2O2. The monoisotopic (exact) mass is 266 g/mol. The standard InChI is InChI=1S/C15H26N2O2/c1-5-13(6-2)17-15(18)12(4)16-11(3)10-14-8-7-9-19-14/h7-9,11-13,16H,5-6,10H2,1-4H3,(H,17,18). The van der Waals surface area contributed by atoms with Crippen molar-refractivity contribution in [1.29, 1.82) is 0 Å². The summed E-state index contributed by atoms with van der Waals surface area (Å²) in [5, 5.41) is 6.35. The Kier molecular flexibility index (Phi) is 6.64. The fraction of sp³-hybridized carbons (Fsp3) is 0.667. The molecule has 108 valence electrons. The van der Waals surface area contributed by atoms with Gasteiger partial charge >= 0.3 is 0 Å². The first kappa shape index (κ1) is 15.8. The van der Waals surface area contributed by atoms with E-state index in [9.17, 15) is 4.79 Å². The maximum Gasteiger partial charge on any atom is 0.237 e. The van der Waals surface area contributed by atoms with E-state index < -0.39 is 0 Å². The SMILES string of the molecule is CCC(CC)NC(=O)C(C)NC(C)Cc1ccco1. The predicted molar refractivity (Wildman–Crippen MR) is 77.0 cm³/mol. The first-order valence-corrected chi connectivity index (χ1v) is 7.15. The second-order valence-electron chi connectivity index (χ2n) is 5.09. The first-order chi connectivity index (χ1) is 9.06. The summed E-state index contributed by atoms with van der Waals surface area (Å²) in [6.07, 6.45) is 4.40. The molecule has 0 aromatic carbocycles. The van der Waals surface area contributed by atoms with Gasteiger partial charge in [0, 0.05) is 18.5 Å². The van der Waals surface area contributed by atoms with Crippen molar-refractivity contribution in [2.75, 3.05) is 0 Å². The van der Waals surface area contributed by atoms with Crippen LogP contribution in [0, 0.1) is 0 Å². The Bertz CT molecular complexity index is 358. The number of hydrogen-bond acceptors (Lipinski definition) is 3. The Hall–Kier alpha value is -1.29. The van der Waals surface area contributed by atoms with Crippen LogP contribution in [0.25, 0.3) is 0 Å². The fourth-order valence-corrected chi connectivity index (χ4v) is 2.11. The van der Waals surface area contributed by atoms with Crippen LogP contribution < -0.4 is 10.6 Å². The van der Waals surface area contributed by atoms with Gasteiger partial charge in [0.25, 0.3) is 0 Å². The van der Waals surface area contributed by atoms with E-state index in [0.717, 1.165) is 25.0 Å². The number of carbonyl (C=O) groups is 1. The molecule has 0 aliphatic carbocycles. The highest BCUT2D eigenvalue weighted by Gasteiger charge is 2.18. The quantitative estimate of drug-likeness (QED) is 0.760. The van der Waals surface area contributed by atoms with Crippen LogP contribution in [0.3, 0.4) is 0 Å². The molecular weight excluding hydrogens is 240 g/mol. The minimum atomic E-state index is -0.189. The van der Waals surface area contributed by atoms with Crippen molar-refractivity contribution in [3.63, 3.8) is 0 Å². The molecule has 0 aliphatic heterocycles. The van der Waals surface area contributed by atoms with E-state index >= 15 is 0 Å². The van der Waals surface area contributed by atoms with Gasteiger partial charge in [-0.25, -0.2) is 0 Å². The molecule has 0 spiro atoms. The largest absolute Gasteiger partial charge is 0.469 e. The third kappa shape index (κ3) is 5.47. The third-order valence-electron chi connectivity index (χ3n) is 3.35. The Morgan fingerprint density at radius 2 is 2.00 bits per heavy atom. The van der Waals surface area contributed by atoms with Crippen molar-refractivity contribution >= 4 is 5.91 Å². The summed E-state index contributed by atoms with van der Waals surface area (Å²) in [5.74, 6) is 1.01. The van der Waals surface area contributed by atoms with Crippen LogP contribution in [0.4, 0.5) is 0 Å². The molecule has 0 bridgehead atoms. The highest BCUT2D eigenvalue weighted by atomic mass is 16.3. The van der Waals surface area contributed by atoms with Crippen molar-refractivity contribution in [3.05, 3.63) is 24.2 Å². The average Bonchev–Trinajstić information content (AvgIpc) is 2.87. The van der Waals surface area contributed by atoms with Crippen molar-refractivity contribution < 1.29 is 9.21 Å². The molecule has 19 heavy (non-hydrogen) atoms. The zero-order valence-corrected chi connectivity index (χ0v) is 12.4. The van der Waals surface area contributed by atoms with Gasteiger partial charge in [0.1, 0.15) is 5.76 Å². The smallest absolute Gasteiger partial charge is 0.237 e. The third-order valence-corrected chi connectivity index (χ3v) is 3.35. The highest BCUT2D eigenvalue weighted by molar-refractivity contribution is 5.81. The number of hydrogen-bond donors (Lipinski definition) is 2. The van der Waals surface area contributed by atoms with Crippen molar-refractivity contribution in [2.45, 2.75) is 65.1 Å². The summed E-state index contributed by atoms with van der Waals surface area (Å²) < 4.78 is 5.30. The molecule has 2 unspecified atom stereocenters. The minimum Gasteiger partial charge on any atom is -0.469 e. The van der Waals surface area contributed by atoms with Gasteiger partial charge in [-0.15, -0.1) is 0 Å². The molecule has 1 heterocycles. The first-order valence-electron chi connectivity index (χ1n) is 7.15. The van der Waals surface area contributed by atoms with Gasteiger partial charge in [-0.3, -0.25) is 4.79 Å². The maximum atomic E-state index is 12.0. The molecule has 4 heteroatoms. The van der Waals surface area contributed by atoms with E-state index in [2.05, 4.69) is 31.4 Å². The van der Waals surface area contributed by atoms with E-state index in [0.29, 0.717) is 0 Å². The number of furan rings is 1.